The summed E-state index contributed by atoms with van der Waals surface area (Å²) in [6.07, 6.45) is 8.54. The van der Waals surface area contributed by atoms with E-state index in [1.165, 1.54) is 12.1 Å². The van der Waals surface area contributed by atoms with Gasteiger partial charge in [-0.3, -0.25) is 14.5 Å². The van der Waals surface area contributed by atoms with Crippen LogP contribution in [-0.2, 0) is 6.54 Å². The van der Waals surface area contributed by atoms with Crippen LogP contribution in [0.5, 0.6) is 11.6 Å². The molecule has 1 saturated heterocycles. The Morgan fingerprint density at radius 2 is 1.85 bits per heavy atom. The first-order valence-corrected chi connectivity index (χ1v) is 11.3. The van der Waals surface area contributed by atoms with Gasteiger partial charge in [0.15, 0.2) is 0 Å². The molecule has 3 heterocycles. The average molecular weight is 458 g/mol. The molecule has 2 aromatic carbocycles. The number of carbonyl (C=O) groups is 1. The van der Waals surface area contributed by atoms with Crippen molar-refractivity contribution in [2.45, 2.75) is 25.3 Å². The van der Waals surface area contributed by atoms with Gasteiger partial charge in [0.1, 0.15) is 17.3 Å². The zero-order valence-electron chi connectivity index (χ0n) is 18.5. The maximum atomic E-state index is 13.5. The summed E-state index contributed by atoms with van der Waals surface area (Å²) in [5, 5.41) is 4.27. The van der Waals surface area contributed by atoms with Crippen LogP contribution in [0.4, 0.5) is 4.39 Å². The maximum absolute atomic E-state index is 13.5. The standard InChI is InChI=1S/C26H24FN5O2/c27-21-8-10-22(11-9-21)34-25-24(28-13-14-29-25)20-6-3-15-31(17-20)26(33)23-7-2-1-5-19(23)18-32-16-4-12-30-32/h1-2,4-5,7-14,16,20H,3,6,15,17-18H2. The zero-order valence-corrected chi connectivity index (χ0v) is 18.5. The molecule has 34 heavy (non-hydrogen) atoms. The molecule has 0 spiro atoms. The second-order valence-corrected chi connectivity index (χ2v) is 8.25. The Bertz CT molecular complexity index is 1260. The summed E-state index contributed by atoms with van der Waals surface area (Å²) in [6.45, 7) is 1.74. The van der Waals surface area contributed by atoms with Crippen LogP contribution >= 0.6 is 0 Å². The molecule has 1 atom stereocenters. The Morgan fingerprint density at radius 1 is 1.03 bits per heavy atom. The molecule has 4 aromatic rings. The van der Waals surface area contributed by atoms with Gasteiger partial charge < -0.3 is 9.64 Å². The van der Waals surface area contributed by atoms with Gasteiger partial charge in [-0.2, -0.15) is 5.10 Å². The lowest BCUT2D eigenvalue weighted by Crippen LogP contribution is -2.39. The molecule has 0 saturated carbocycles. The topological polar surface area (TPSA) is 73.1 Å². The van der Waals surface area contributed by atoms with Crippen LogP contribution in [0.1, 0.15) is 40.4 Å². The molecule has 2 aromatic heterocycles. The highest BCUT2D eigenvalue weighted by atomic mass is 19.1. The van der Waals surface area contributed by atoms with Crippen molar-refractivity contribution in [1.29, 1.82) is 0 Å². The molecule has 1 aliphatic heterocycles. The van der Waals surface area contributed by atoms with Crippen LogP contribution in [0.3, 0.4) is 0 Å². The lowest BCUT2D eigenvalue weighted by atomic mass is 9.93. The van der Waals surface area contributed by atoms with Crippen molar-refractivity contribution in [2.75, 3.05) is 13.1 Å². The highest BCUT2D eigenvalue weighted by Crippen LogP contribution is 2.33. The number of likely N-dealkylation sites (tertiary alicyclic amines) is 1. The van der Waals surface area contributed by atoms with E-state index in [2.05, 4.69) is 15.1 Å². The van der Waals surface area contributed by atoms with E-state index in [1.807, 2.05) is 46.1 Å². The van der Waals surface area contributed by atoms with Crippen molar-refractivity contribution in [3.05, 3.63) is 102 Å². The van der Waals surface area contributed by atoms with Gasteiger partial charge in [-0.1, -0.05) is 18.2 Å². The Labute approximate surface area is 196 Å². The minimum absolute atomic E-state index is 0.00245. The van der Waals surface area contributed by atoms with E-state index in [1.54, 1.807) is 30.7 Å². The largest absolute Gasteiger partial charge is 0.437 e. The third-order valence-electron chi connectivity index (χ3n) is 5.95. The molecular formula is C26H24FN5O2. The lowest BCUT2D eigenvalue weighted by molar-refractivity contribution is 0.0703. The molecule has 1 unspecified atom stereocenters. The fraction of sp³-hybridized carbons (Fsp3) is 0.231. The number of hydrogen-bond donors (Lipinski definition) is 0. The first kappa shape index (κ1) is 21.8. The van der Waals surface area contributed by atoms with Crippen LogP contribution in [0.15, 0.2) is 79.4 Å². The van der Waals surface area contributed by atoms with Gasteiger partial charge in [0, 0.05) is 49.4 Å². The van der Waals surface area contributed by atoms with E-state index in [9.17, 15) is 9.18 Å². The van der Waals surface area contributed by atoms with Gasteiger partial charge in [0.05, 0.1) is 6.54 Å². The van der Waals surface area contributed by atoms with Gasteiger partial charge in [0.25, 0.3) is 5.91 Å². The van der Waals surface area contributed by atoms with Crippen molar-refractivity contribution < 1.29 is 13.9 Å². The van der Waals surface area contributed by atoms with E-state index in [0.29, 0.717) is 42.5 Å². The number of ether oxygens (including phenoxy) is 1. The quantitative estimate of drug-likeness (QED) is 0.421. The van der Waals surface area contributed by atoms with Crippen LogP contribution < -0.4 is 4.74 Å². The number of halogens is 1. The van der Waals surface area contributed by atoms with E-state index >= 15 is 0 Å². The smallest absolute Gasteiger partial charge is 0.254 e. The van der Waals surface area contributed by atoms with E-state index in [0.717, 1.165) is 18.4 Å². The normalized spacial score (nSPS) is 15.8. The predicted molar refractivity (Wildman–Crippen MR) is 124 cm³/mol. The van der Waals surface area contributed by atoms with Crippen molar-refractivity contribution in [3.8, 4) is 11.6 Å². The third-order valence-corrected chi connectivity index (χ3v) is 5.95. The number of piperidine rings is 1. The zero-order chi connectivity index (χ0) is 23.3. The van der Waals surface area contributed by atoms with Crippen molar-refractivity contribution in [3.63, 3.8) is 0 Å². The highest BCUT2D eigenvalue weighted by Gasteiger charge is 2.29. The summed E-state index contributed by atoms with van der Waals surface area (Å²) in [7, 11) is 0. The van der Waals surface area contributed by atoms with Gasteiger partial charge in [-0.25, -0.2) is 9.37 Å². The Hall–Kier alpha value is -4.07. The first-order valence-electron chi connectivity index (χ1n) is 11.3. The number of benzene rings is 2. The average Bonchev–Trinajstić information content (AvgIpc) is 3.39. The Kier molecular flexibility index (Phi) is 6.29. The summed E-state index contributed by atoms with van der Waals surface area (Å²) in [5.74, 6) is 0.519. The fourth-order valence-corrected chi connectivity index (χ4v) is 4.30. The molecule has 0 N–H and O–H groups in total. The van der Waals surface area contributed by atoms with Crippen molar-refractivity contribution >= 4 is 5.91 Å². The number of nitrogens with zero attached hydrogens (tertiary/aromatic N) is 5. The molecule has 0 bridgehead atoms. The van der Waals surface area contributed by atoms with Crippen LogP contribution in [0.25, 0.3) is 0 Å². The molecule has 0 radical (unpaired) electrons. The highest BCUT2D eigenvalue weighted by molar-refractivity contribution is 5.95. The third kappa shape index (κ3) is 4.80. The Balaban J connectivity index is 1.35. The van der Waals surface area contributed by atoms with Crippen LogP contribution in [0, 0.1) is 5.82 Å². The first-order chi connectivity index (χ1) is 16.7. The molecule has 0 aliphatic carbocycles. The SMILES string of the molecule is O=C(c1ccccc1Cn1cccn1)N1CCCC(c2nccnc2Oc2ccc(F)cc2)C1. The van der Waals surface area contributed by atoms with E-state index < -0.39 is 0 Å². The summed E-state index contributed by atoms with van der Waals surface area (Å²) >= 11 is 0. The molecule has 7 nitrogen and oxygen atoms in total. The van der Waals surface area contributed by atoms with Crippen molar-refractivity contribution in [2.24, 2.45) is 0 Å². The second kappa shape index (κ2) is 9.82. The summed E-state index contributed by atoms with van der Waals surface area (Å²) in [6, 6.07) is 15.3. The van der Waals surface area contributed by atoms with Gasteiger partial charge in [-0.15, -0.1) is 0 Å². The summed E-state index contributed by atoms with van der Waals surface area (Å²) < 4.78 is 21.0. The predicted octanol–water partition coefficient (Wildman–Crippen LogP) is 4.67. The molecule has 1 amide bonds. The van der Waals surface area contributed by atoms with Gasteiger partial charge in [0.2, 0.25) is 5.88 Å². The number of rotatable bonds is 6. The minimum atomic E-state index is -0.332. The molecule has 1 aliphatic rings. The number of hydrogen-bond acceptors (Lipinski definition) is 5. The molecular weight excluding hydrogens is 433 g/mol. The van der Waals surface area contributed by atoms with Crippen molar-refractivity contribution in [1.82, 2.24) is 24.6 Å². The van der Waals surface area contributed by atoms with E-state index in [4.69, 9.17) is 4.74 Å². The molecule has 5 rings (SSSR count). The van der Waals surface area contributed by atoms with Crippen LogP contribution in [0.2, 0.25) is 0 Å². The second-order valence-electron chi connectivity index (χ2n) is 8.25. The molecule has 8 heteroatoms. The van der Waals surface area contributed by atoms with E-state index in [-0.39, 0.29) is 17.6 Å². The summed E-state index contributed by atoms with van der Waals surface area (Å²) in [4.78, 5) is 24.3. The van der Waals surface area contributed by atoms with Gasteiger partial charge in [-0.05, 0) is 54.8 Å². The number of amides is 1. The lowest BCUT2D eigenvalue weighted by Gasteiger charge is -2.33. The molecule has 172 valence electrons. The monoisotopic (exact) mass is 457 g/mol. The Morgan fingerprint density at radius 3 is 2.68 bits per heavy atom. The maximum Gasteiger partial charge on any atom is 0.254 e. The summed E-state index contributed by atoms with van der Waals surface area (Å²) in [5.41, 5.74) is 2.31. The minimum Gasteiger partial charge on any atom is -0.437 e. The molecule has 1 fully saturated rings. The van der Waals surface area contributed by atoms with Crippen LogP contribution in [-0.4, -0.2) is 43.6 Å². The fourth-order valence-electron chi connectivity index (χ4n) is 4.30. The number of aromatic nitrogens is 4. The number of carbonyl (C=O) groups excluding carboxylic acids is 1. The van der Waals surface area contributed by atoms with Gasteiger partial charge >= 0.3 is 0 Å².